The van der Waals surface area contributed by atoms with Crippen molar-refractivity contribution in [2.24, 2.45) is 0 Å². The Morgan fingerprint density at radius 2 is 2.28 bits per heavy atom. The average molecular weight is 269 g/mol. The Kier molecular flexibility index (Phi) is 5.54. The van der Waals surface area contributed by atoms with E-state index in [1.165, 1.54) is 17.4 Å². The first-order valence-electron chi connectivity index (χ1n) is 5.41. The van der Waals surface area contributed by atoms with Crippen LogP contribution < -0.4 is 5.32 Å². The molecule has 0 saturated carbocycles. The SMILES string of the molecule is Cc1ccsc1/C=C/C(=O)N[C@H](CCO)C(=O)O. The van der Waals surface area contributed by atoms with Crippen molar-refractivity contribution in [3.63, 3.8) is 0 Å². The molecule has 18 heavy (non-hydrogen) atoms. The van der Waals surface area contributed by atoms with Gasteiger partial charge in [-0.05, 0) is 30.0 Å². The summed E-state index contributed by atoms with van der Waals surface area (Å²) >= 11 is 1.50. The maximum Gasteiger partial charge on any atom is 0.326 e. The smallest absolute Gasteiger partial charge is 0.326 e. The molecule has 0 aliphatic heterocycles. The van der Waals surface area contributed by atoms with E-state index >= 15 is 0 Å². The lowest BCUT2D eigenvalue weighted by molar-refractivity contribution is -0.141. The summed E-state index contributed by atoms with van der Waals surface area (Å²) in [5, 5.41) is 21.7. The normalized spacial score (nSPS) is 12.6. The molecule has 0 aliphatic rings. The molecular formula is C12H15NO4S. The van der Waals surface area contributed by atoms with E-state index in [1.54, 1.807) is 6.08 Å². The van der Waals surface area contributed by atoms with Crippen LogP contribution in [0.1, 0.15) is 16.9 Å². The van der Waals surface area contributed by atoms with E-state index in [9.17, 15) is 9.59 Å². The van der Waals surface area contributed by atoms with Gasteiger partial charge in [0.1, 0.15) is 6.04 Å². The molecule has 6 heteroatoms. The van der Waals surface area contributed by atoms with Crippen molar-refractivity contribution in [2.45, 2.75) is 19.4 Å². The lowest BCUT2D eigenvalue weighted by Gasteiger charge is -2.11. The summed E-state index contributed by atoms with van der Waals surface area (Å²) < 4.78 is 0. The summed E-state index contributed by atoms with van der Waals surface area (Å²) in [6.45, 7) is 1.64. The van der Waals surface area contributed by atoms with Gasteiger partial charge in [0.15, 0.2) is 0 Å². The molecule has 98 valence electrons. The van der Waals surface area contributed by atoms with Gasteiger partial charge in [-0.1, -0.05) is 0 Å². The van der Waals surface area contributed by atoms with Gasteiger partial charge in [0, 0.05) is 24.0 Å². The first-order valence-corrected chi connectivity index (χ1v) is 6.29. The van der Waals surface area contributed by atoms with Crippen molar-refractivity contribution in [3.8, 4) is 0 Å². The summed E-state index contributed by atoms with van der Waals surface area (Å²) in [5.41, 5.74) is 1.06. The quantitative estimate of drug-likeness (QED) is 0.673. The third kappa shape index (κ3) is 4.31. The van der Waals surface area contributed by atoms with Crippen molar-refractivity contribution >= 4 is 29.3 Å². The molecule has 0 unspecified atom stereocenters. The molecule has 1 amide bonds. The molecule has 1 aromatic heterocycles. The standard InChI is InChI=1S/C12H15NO4S/c1-8-5-7-18-10(8)2-3-11(15)13-9(4-6-14)12(16)17/h2-3,5,7,9,14H,4,6H2,1H3,(H,13,15)(H,16,17)/b3-2+/t9-/m1/s1. The van der Waals surface area contributed by atoms with Crippen LogP contribution in [0, 0.1) is 6.92 Å². The first kappa shape index (κ1) is 14.4. The van der Waals surface area contributed by atoms with Crippen LogP contribution in [0.25, 0.3) is 6.08 Å². The molecule has 0 fully saturated rings. The highest BCUT2D eigenvalue weighted by Crippen LogP contribution is 2.16. The summed E-state index contributed by atoms with van der Waals surface area (Å²) in [5.74, 6) is -1.64. The molecule has 0 aromatic carbocycles. The van der Waals surface area contributed by atoms with E-state index in [1.807, 2.05) is 18.4 Å². The number of amides is 1. The predicted molar refractivity (Wildman–Crippen MR) is 69.4 cm³/mol. The van der Waals surface area contributed by atoms with Gasteiger partial charge < -0.3 is 15.5 Å². The van der Waals surface area contributed by atoms with E-state index in [4.69, 9.17) is 10.2 Å². The number of hydrogen-bond donors (Lipinski definition) is 3. The maximum absolute atomic E-state index is 11.5. The molecule has 0 saturated heterocycles. The van der Waals surface area contributed by atoms with Crippen LogP contribution in [0.5, 0.6) is 0 Å². The predicted octanol–water partition coefficient (Wildman–Crippen LogP) is 1.02. The van der Waals surface area contributed by atoms with Crippen LogP contribution in [0.15, 0.2) is 17.5 Å². The highest BCUT2D eigenvalue weighted by atomic mass is 32.1. The number of carboxylic acids is 1. The third-order valence-electron chi connectivity index (χ3n) is 2.32. The highest BCUT2D eigenvalue weighted by Gasteiger charge is 2.17. The number of carbonyl (C=O) groups excluding carboxylic acids is 1. The van der Waals surface area contributed by atoms with Gasteiger partial charge in [0.05, 0.1) is 0 Å². The zero-order valence-corrected chi connectivity index (χ0v) is 10.7. The van der Waals surface area contributed by atoms with E-state index in [-0.39, 0.29) is 13.0 Å². The summed E-state index contributed by atoms with van der Waals surface area (Å²) in [4.78, 5) is 23.2. The minimum atomic E-state index is -1.15. The number of carboxylic acid groups (broad SMARTS) is 1. The van der Waals surface area contributed by atoms with Crippen molar-refractivity contribution < 1.29 is 19.8 Å². The van der Waals surface area contributed by atoms with Crippen molar-refractivity contribution in [3.05, 3.63) is 28.0 Å². The highest BCUT2D eigenvalue weighted by molar-refractivity contribution is 7.11. The Labute approximate surface area is 109 Å². The molecule has 0 aliphatic carbocycles. The maximum atomic E-state index is 11.5. The second kappa shape index (κ2) is 6.93. The van der Waals surface area contributed by atoms with Crippen molar-refractivity contribution in [1.29, 1.82) is 0 Å². The first-order chi connectivity index (χ1) is 8.54. The molecule has 0 bridgehead atoms. The Bertz CT molecular complexity index is 453. The lowest BCUT2D eigenvalue weighted by Crippen LogP contribution is -2.40. The van der Waals surface area contributed by atoms with Gasteiger partial charge in [0.25, 0.3) is 0 Å². The summed E-state index contributed by atoms with van der Waals surface area (Å²) in [6, 6.07) is 0.880. The second-order valence-corrected chi connectivity index (χ2v) is 4.66. The van der Waals surface area contributed by atoms with E-state index in [2.05, 4.69) is 5.32 Å². The van der Waals surface area contributed by atoms with Crippen molar-refractivity contribution in [1.82, 2.24) is 5.32 Å². The topological polar surface area (TPSA) is 86.6 Å². The van der Waals surface area contributed by atoms with Gasteiger partial charge in [-0.2, -0.15) is 0 Å². The van der Waals surface area contributed by atoms with Crippen LogP contribution in [0.4, 0.5) is 0 Å². The number of aryl methyl sites for hydroxylation is 1. The number of thiophene rings is 1. The number of carbonyl (C=O) groups is 2. The fourth-order valence-corrected chi connectivity index (χ4v) is 2.13. The van der Waals surface area contributed by atoms with Gasteiger partial charge in [-0.3, -0.25) is 4.79 Å². The Morgan fingerprint density at radius 3 is 2.78 bits per heavy atom. The van der Waals surface area contributed by atoms with Gasteiger partial charge >= 0.3 is 5.97 Å². The monoisotopic (exact) mass is 269 g/mol. The van der Waals surface area contributed by atoms with Crippen LogP contribution in [-0.2, 0) is 9.59 Å². The van der Waals surface area contributed by atoms with E-state index < -0.39 is 17.9 Å². The fraction of sp³-hybridized carbons (Fsp3) is 0.333. The number of aliphatic hydroxyl groups excluding tert-OH is 1. The van der Waals surface area contributed by atoms with Crippen LogP contribution in [0.2, 0.25) is 0 Å². The van der Waals surface area contributed by atoms with Gasteiger partial charge in [-0.25, -0.2) is 4.79 Å². The largest absolute Gasteiger partial charge is 0.480 e. The Balaban J connectivity index is 2.58. The van der Waals surface area contributed by atoms with Gasteiger partial charge in [0.2, 0.25) is 5.91 Å². The van der Waals surface area contributed by atoms with Crippen LogP contribution in [-0.4, -0.2) is 34.7 Å². The molecule has 0 spiro atoms. The number of rotatable bonds is 6. The number of hydrogen-bond acceptors (Lipinski definition) is 4. The van der Waals surface area contributed by atoms with Crippen LogP contribution in [0.3, 0.4) is 0 Å². The van der Waals surface area contributed by atoms with Crippen LogP contribution >= 0.6 is 11.3 Å². The molecule has 1 atom stereocenters. The average Bonchev–Trinajstić information content (AvgIpc) is 2.71. The lowest BCUT2D eigenvalue weighted by atomic mass is 10.2. The molecule has 1 aromatic rings. The Morgan fingerprint density at radius 1 is 1.56 bits per heavy atom. The second-order valence-electron chi connectivity index (χ2n) is 3.71. The number of aliphatic hydroxyl groups is 1. The van der Waals surface area contributed by atoms with E-state index in [0.717, 1.165) is 10.4 Å². The molecule has 1 heterocycles. The van der Waals surface area contributed by atoms with Crippen molar-refractivity contribution in [2.75, 3.05) is 6.61 Å². The summed E-state index contributed by atoms with van der Waals surface area (Å²) in [7, 11) is 0. The minimum absolute atomic E-state index is 0.00700. The summed E-state index contributed by atoms with van der Waals surface area (Å²) in [6.07, 6.45) is 2.94. The Hall–Kier alpha value is -1.66. The molecule has 0 radical (unpaired) electrons. The molecule has 1 rings (SSSR count). The molecule has 5 nitrogen and oxygen atoms in total. The fourth-order valence-electron chi connectivity index (χ4n) is 1.31. The third-order valence-corrected chi connectivity index (χ3v) is 3.30. The number of nitrogens with one attached hydrogen (secondary N) is 1. The molecule has 3 N–H and O–H groups in total. The minimum Gasteiger partial charge on any atom is -0.480 e. The zero-order chi connectivity index (χ0) is 13.5. The molecular weight excluding hydrogens is 254 g/mol. The zero-order valence-electron chi connectivity index (χ0n) is 9.92. The number of aliphatic carboxylic acids is 1. The van der Waals surface area contributed by atoms with E-state index in [0.29, 0.717) is 0 Å². The van der Waals surface area contributed by atoms with Gasteiger partial charge in [-0.15, -0.1) is 11.3 Å².